The maximum atomic E-state index is 15.7. The molecule has 66 heavy (non-hydrogen) atoms. The van der Waals surface area contributed by atoms with E-state index in [2.05, 4.69) is 37.2 Å². The lowest BCUT2D eigenvalue weighted by Gasteiger charge is -2.44. The number of piperidine rings is 3. The van der Waals surface area contributed by atoms with Gasteiger partial charge in [0.2, 0.25) is 11.8 Å². The minimum Gasteiger partial charge on any atom is -0.376 e. The number of imide groups is 2. The van der Waals surface area contributed by atoms with Gasteiger partial charge in [-0.25, -0.2) is 14.4 Å². The number of fused-ring (bicyclic) bond motifs is 1. The van der Waals surface area contributed by atoms with Gasteiger partial charge >= 0.3 is 0 Å². The van der Waals surface area contributed by atoms with Gasteiger partial charge in [-0.2, -0.15) is 0 Å². The lowest BCUT2D eigenvalue weighted by Crippen LogP contribution is -2.54. The van der Waals surface area contributed by atoms with Crippen LogP contribution in [-0.4, -0.2) is 132 Å². The summed E-state index contributed by atoms with van der Waals surface area (Å²) < 4.78 is 21.5. The van der Waals surface area contributed by atoms with E-state index >= 15 is 4.39 Å². The summed E-state index contributed by atoms with van der Waals surface area (Å²) in [7, 11) is 0. The Morgan fingerprint density at radius 2 is 1.62 bits per heavy atom. The molecule has 4 aromatic rings. The van der Waals surface area contributed by atoms with E-state index < -0.39 is 41.4 Å². The highest BCUT2D eigenvalue weighted by atomic mass is 32.2. The minimum atomic E-state index is -1.000. The lowest BCUT2D eigenvalue weighted by molar-refractivity contribution is -0.136. The summed E-state index contributed by atoms with van der Waals surface area (Å²) in [4.78, 5) is 84.2. The third-order valence-electron chi connectivity index (χ3n) is 14.5. The lowest BCUT2D eigenvalue weighted by atomic mass is 9.73. The molecule has 4 N–H and O–H groups in total. The first-order valence-electron chi connectivity index (χ1n) is 22.9. The molecule has 344 valence electrons. The van der Waals surface area contributed by atoms with E-state index in [1.807, 2.05) is 29.2 Å². The van der Waals surface area contributed by atoms with Crippen molar-refractivity contribution in [2.45, 2.75) is 79.6 Å². The van der Waals surface area contributed by atoms with Crippen molar-refractivity contribution in [1.82, 2.24) is 25.1 Å². The topological polar surface area (TPSA) is 187 Å². The molecular weight excluding hydrogens is 864 g/mol. The number of nitrogens with two attached hydrogens (primary N) is 1. The van der Waals surface area contributed by atoms with Gasteiger partial charge in [0.1, 0.15) is 22.7 Å². The van der Waals surface area contributed by atoms with Crippen LogP contribution in [0.25, 0.3) is 0 Å². The summed E-state index contributed by atoms with van der Waals surface area (Å²) in [6.07, 6.45) is 7.50. The predicted octanol–water partition coefficient (Wildman–Crippen LogP) is 4.54. The average molecular weight is 917 g/mol. The molecule has 0 aliphatic carbocycles. The Hall–Kier alpha value is -5.95. The number of carbonyl (C=O) groups excluding carboxylic acids is 5. The molecule has 18 heteroatoms. The maximum Gasteiger partial charge on any atom is 0.262 e. The zero-order chi connectivity index (χ0) is 45.7. The molecule has 0 saturated carbocycles. The van der Waals surface area contributed by atoms with E-state index in [0.717, 1.165) is 97.9 Å². The molecule has 5 amide bonds. The Morgan fingerprint density at radius 1 is 0.848 bits per heavy atom. The van der Waals surface area contributed by atoms with Gasteiger partial charge in [0.05, 0.1) is 41.9 Å². The number of halogens is 1. The Labute approximate surface area is 386 Å². The van der Waals surface area contributed by atoms with Gasteiger partial charge in [0.25, 0.3) is 17.7 Å². The molecule has 7 heterocycles. The Balaban J connectivity index is 0.684. The molecule has 3 atom stereocenters. The zero-order valence-corrected chi connectivity index (χ0v) is 37.6. The van der Waals surface area contributed by atoms with Crippen LogP contribution in [-0.2, 0) is 14.3 Å². The van der Waals surface area contributed by atoms with Crippen molar-refractivity contribution >= 4 is 64.2 Å². The van der Waals surface area contributed by atoms with Crippen molar-refractivity contribution in [2.75, 3.05) is 79.0 Å². The van der Waals surface area contributed by atoms with Crippen LogP contribution in [0.3, 0.4) is 0 Å². The van der Waals surface area contributed by atoms with Gasteiger partial charge in [-0.15, -0.1) is 0 Å². The highest BCUT2D eigenvalue weighted by molar-refractivity contribution is 7.99. The average Bonchev–Trinajstić information content (AvgIpc) is 3.74. The van der Waals surface area contributed by atoms with Gasteiger partial charge in [0.15, 0.2) is 0 Å². The number of anilines is 4. The summed E-state index contributed by atoms with van der Waals surface area (Å²) in [6.45, 7) is 8.93. The maximum absolute atomic E-state index is 15.7. The summed E-state index contributed by atoms with van der Waals surface area (Å²) in [6, 6.07) is 16.8. The van der Waals surface area contributed by atoms with Crippen LogP contribution in [0.1, 0.15) is 76.5 Å². The van der Waals surface area contributed by atoms with Crippen LogP contribution in [0.5, 0.6) is 0 Å². The van der Waals surface area contributed by atoms with Gasteiger partial charge in [-0.05, 0) is 93.6 Å². The molecule has 6 aliphatic heterocycles. The largest absolute Gasteiger partial charge is 0.376 e. The summed E-state index contributed by atoms with van der Waals surface area (Å²) in [5.74, 6) is -2.07. The molecule has 1 aromatic heterocycles. The fraction of sp³-hybridized carbons (Fsp3) is 0.438. The molecule has 1 spiro atoms. The quantitative estimate of drug-likeness (QED) is 0.199. The molecular formula is C48H53FN10O6S. The normalized spacial score (nSPS) is 23.7. The van der Waals surface area contributed by atoms with Crippen LogP contribution < -0.4 is 31.1 Å². The predicted molar refractivity (Wildman–Crippen MR) is 246 cm³/mol. The first kappa shape index (κ1) is 43.9. The number of hydrogen-bond donors (Lipinski definition) is 3. The fourth-order valence-electron chi connectivity index (χ4n) is 10.5. The van der Waals surface area contributed by atoms with Crippen molar-refractivity contribution in [3.63, 3.8) is 0 Å². The number of nitrogens with zero attached hydrogens (tertiary/aromatic N) is 7. The fourth-order valence-corrected chi connectivity index (χ4v) is 11.3. The van der Waals surface area contributed by atoms with Crippen molar-refractivity contribution in [3.8, 4) is 0 Å². The van der Waals surface area contributed by atoms with Crippen LogP contribution in [0, 0.1) is 11.2 Å². The van der Waals surface area contributed by atoms with Crippen LogP contribution >= 0.6 is 11.8 Å². The second-order valence-corrected chi connectivity index (χ2v) is 19.4. The van der Waals surface area contributed by atoms with Crippen molar-refractivity contribution in [3.05, 3.63) is 95.6 Å². The van der Waals surface area contributed by atoms with Gasteiger partial charge in [-0.3, -0.25) is 39.1 Å². The smallest absolute Gasteiger partial charge is 0.262 e. The zero-order valence-electron chi connectivity index (χ0n) is 36.8. The number of benzene rings is 3. The first-order chi connectivity index (χ1) is 31.9. The number of rotatable bonds is 9. The van der Waals surface area contributed by atoms with Gasteiger partial charge in [-0.1, -0.05) is 17.8 Å². The van der Waals surface area contributed by atoms with Crippen LogP contribution in [0.4, 0.5) is 27.3 Å². The molecule has 6 aliphatic rings. The Morgan fingerprint density at radius 3 is 2.32 bits per heavy atom. The molecule has 10 rings (SSSR count). The Kier molecular flexibility index (Phi) is 12.0. The van der Waals surface area contributed by atoms with Gasteiger partial charge < -0.3 is 30.5 Å². The van der Waals surface area contributed by atoms with E-state index in [0.29, 0.717) is 30.5 Å². The number of piperazine rings is 1. The standard InChI is InChI=1S/C48H53FN10O6S/c1-29-43(50)48(28-65-29)13-17-58(18-14-48)40-26-52-42(27-51-40)66-34-4-2-3-31(24-34)53-44(61)30-5-8-38(37(49)23-30)57-15-11-32(12-16-57)55-19-21-56(22-20-55)33-6-7-35-36(25-33)47(64)59(46(35)63)39-9-10-41(60)54-45(39)62/h2-8,23-27,29,32,39,43H,9-22,28,50H2,1H3,(H,53,61)(H,54,60,62)/t29-,39?,43+/m0/s1. The number of hydrogen-bond acceptors (Lipinski definition) is 14. The first-order valence-corrected chi connectivity index (χ1v) is 23.7. The van der Waals surface area contributed by atoms with Crippen LogP contribution in [0.2, 0.25) is 0 Å². The van der Waals surface area contributed by atoms with E-state index in [1.54, 1.807) is 42.7 Å². The molecule has 16 nitrogen and oxygen atoms in total. The van der Waals surface area contributed by atoms with Crippen LogP contribution in [0.15, 0.2) is 83.0 Å². The molecule has 3 aromatic carbocycles. The number of carbonyl (C=O) groups is 5. The molecule has 0 radical (unpaired) electrons. The van der Waals surface area contributed by atoms with Crippen molar-refractivity contribution in [2.24, 2.45) is 11.1 Å². The summed E-state index contributed by atoms with van der Waals surface area (Å²) >= 11 is 1.45. The van der Waals surface area contributed by atoms with E-state index in [4.69, 9.17) is 15.5 Å². The number of ether oxygens (including phenoxy) is 1. The summed E-state index contributed by atoms with van der Waals surface area (Å²) in [5, 5.41) is 5.89. The number of nitrogens with one attached hydrogen (secondary N) is 2. The SMILES string of the molecule is C[C@@H]1OCC2(CCN(c3cnc(Sc4cccc(NC(=O)c5ccc(N6CCC(N7CCN(c8ccc9c(c8)C(=O)N(C8CCC(=O)NC8=O)C9=O)CC7)CC6)c(F)c5)c4)cn3)CC2)[C@@H]1N. The molecule has 0 bridgehead atoms. The van der Waals surface area contributed by atoms with Crippen molar-refractivity contribution < 1.29 is 33.1 Å². The second kappa shape index (κ2) is 18.0. The molecule has 5 fully saturated rings. The van der Waals surface area contributed by atoms with Crippen molar-refractivity contribution in [1.29, 1.82) is 0 Å². The highest BCUT2D eigenvalue weighted by Gasteiger charge is 2.48. The van der Waals surface area contributed by atoms with E-state index in [1.165, 1.54) is 17.8 Å². The number of amides is 5. The third kappa shape index (κ3) is 8.50. The third-order valence-corrected chi connectivity index (χ3v) is 15.4. The second-order valence-electron chi connectivity index (χ2n) is 18.3. The molecule has 5 saturated heterocycles. The Bertz CT molecular complexity index is 2560. The van der Waals surface area contributed by atoms with Gasteiger partial charge in [0, 0.05) is 98.1 Å². The number of aromatic nitrogens is 2. The van der Waals surface area contributed by atoms with E-state index in [9.17, 15) is 24.0 Å². The minimum absolute atomic E-state index is 0.0405. The highest BCUT2D eigenvalue weighted by Crippen LogP contribution is 2.42. The monoisotopic (exact) mass is 916 g/mol. The summed E-state index contributed by atoms with van der Waals surface area (Å²) in [5.41, 5.74) is 9.21. The van der Waals surface area contributed by atoms with E-state index in [-0.39, 0.29) is 47.1 Å². The molecule has 1 unspecified atom stereocenters.